The molecule has 140 valence electrons. The van der Waals surface area contributed by atoms with Gasteiger partial charge in [0.1, 0.15) is 0 Å². The minimum atomic E-state index is 0.609. The third-order valence-electron chi connectivity index (χ3n) is 5.89. The van der Waals surface area contributed by atoms with Crippen LogP contribution >= 0.6 is 0 Å². The van der Waals surface area contributed by atoms with Crippen molar-refractivity contribution in [3.05, 3.63) is 35.4 Å². The van der Waals surface area contributed by atoms with Crippen LogP contribution in [0.2, 0.25) is 0 Å². The normalized spacial score (nSPS) is 29.7. The molecular weight excluding hydrogens is 308 g/mol. The summed E-state index contributed by atoms with van der Waals surface area (Å²) in [4.78, 5) is 2.72. The van der Waals surface area contributed by atoms with Gasteiger partial charge in [0, 0.05) is 32.2 Å². The van der Waals surface area contributed by atoms with Crippen molar-refractivity contribution in [3.8, 4) is 0 Å². The van der Waals surface area contributed by atoms with Gasteiger partial charge in [-0.3, -0.25) is 10.2 Å². The summed E-state index contributed by atoms with van der Waals surface area (Å²) in [7, 11) is 0. The monoisotopic (exact) mass is 344 g/mol. The smallest absolute Gasteiger partial charge is 0.0629 e. The van der Waals surface area contributed by atoms with Crippen molar-refractivity contribution < 1.29 is 0 Å². The maximum Gasteiger partial charge on any atom is 0.0629 e. The maximum absolute atomic E-state index is 5.54. The lowest BCUT2D eigenvalue weighted by Gasteiger charge is -2.42. The summed E-state index contributed by atoms with van der Waals surface area (Å²) in [6, 6.07) is 9.95. The summed E-state index contributed by atoms with van der Waals surface area (Å²) in [6.45, 7) is 9.56. The molecule has 2 fully saturated rings. The minimum Gasteiger partial charge on any atom is -0.329 e. The molecule has 3 rings (SSSR count). The predicted molar refractivity (Wildman–Crippen MR) is 106 cm³/mol. The molecule has 4 atom stereocenters. The molecule has 2 saturated heterocycles. The Hall–Kier alpha value is -0.940. The van der Waals surface area contributed by atoms with Gasteiger partial charge >= 0.3 is 0 Å². The summed E-state index contributed by atoms with van der Waals surface area (Å²) in [5.74, 6) is 1.48. The standard InChI is InChI=1S/C21H36N4/c1-3-4-11-25-15-20(13-19-12-16(2)24-21(19)25)18-7-5-17(6-8-18)14-23-10-9-22/h5-8,16,19-21,23-24H,3-4,9-15,22H2,1-2H3. The second-order valence-electron chi connectivity index (χ2n) is 8.00. The van der Waals surface area contributed by atoms with Crippen molar-refractivity contribution in [2.75, 3.05) is 26.2 Å². The van der Waals surface area contributed by atoms with E-state index in [0.717, 1.165) is 19.0 Å². The molecule has 1 aromatic rings. The molecule has 0 bridgehead atoms. The van der Waals surface area contributed by atoms with Crippen LogP contribution in [0.1, 0.15) is 56.6 Å². The zero-order valence-corrected chi connectivity index (χ0v) is 16.0. The van der Waals surface area contributed by atoms with Gasteiger partial charge in [-0.25, -0.2) is 0 Å². The minimum absolute atomic E-state index is 0.609. The van der Waals surface area contributed by atoms with E-state index >= 15 is 0 Å². The number of hydrogen-bond acceptors (Lipinski definition) is 4. The van der Waals surface area contributed by atoms with Gasteiger partial charge in [0.05, 0.1) is 6.17 Å². The van der Waals surface area contributed by atoms with Gasteiger partial charge in [0.25, 0.3) is 0 Å². The van der Waals surface area contributed by atoms with Crippen molar-refractivity contribution in [2.45, 2.75) is 64.2 Å². The Bertz CT molecular complexity index is 515. The topological polar surface area (TPSA) is 53.3 Å². The Morgan fingerprint density at radius 1 is 1.24 bits per heavy atom. The number of likely N-dealkylation sites (tertiary alicyclic amines) is 1. The molecule has 25 heavy (non-hydrogen) atoms. The number of nitrogens with two attached hydrogens (primary N) is 1. The molecule has 0 saturated carbocycles. The summed E-state index contributed by atoms with van der Waals surface area (Å²) in [6.07, 6.45) is 5.84. The average Bonchev–Trinajstić information content (AvgIpc) is 3.00. The van der Waals surface area contributed by atoms with Crippen molar-refractivity contribution >= 4 is 0 Å². The Balaban J connectivity index is 1.64. The largest absolute Gasteiger partial charge is 0.329 e. The van der Waals surface area contributed by atoms with E-state index in [2.05, 4.69) is 53.6 Å². The van der Waals surface area contributed by atoms with E-state index in [-0.39, 0.29) is 0 Å². The zero-order valence-electron chi connectivity index (χ0n) is 16.0. The lowest BCUT2D eigenvalue weighted by Crippen LogP contribution is -2.52. The fourth-order valence-corrected chi connectivity index (χ4v) is 4.62. The Morgan fingerprint density at radius 2 is 2.04 bits per heavy atom. The third kappa shape index (κ3) is 4.82. The van der Waals surface area contributed by atoms with Crippen molar-refractivity contribution in [3.63, 3.8) is 0 Å². The first-order chi connectivity index (χ1) is 12.2. The van der Waals surface area contributed by atoms with Crippen LogP contribution in [0.25, 0.3) is 0 Å². The van der Waals surface area contributed by atoms with Crippen LogP contribution < -0.4 is 16.4 Å². The maximum atomic E-state index is 5.54. The van der Waals surface area contributed by atoms with E-state index in [1.807, 2.05) is 0 Å². The highest BCUT2D eigenvalue weighted by molar-refractivity contribution is 5.26. The van der Waals surface area contributed by atoms with E-state index in [0.29, 0.717) is 24.7 Å². The number of nitrogens with one attached hydrogen (secondary N) is 2. The summed E-state index contributed by atoms with van der Waals surface area (Å²) in [5.41, 5.74) is 8.41. The highest BCUT2D eigenvalue weighted by atomic mass is 15.3. The number of hydrogen-bond donors (Lipinski definition) is 3. The van der Waals surface area contributed by atoms with Crippen LogP contribution in [-0.2, 0) is 6.54 Å². The van der Waals surface area contributed by atoms with Crippen LogP contribution in [-0.4, -0.2) is 43.3 Å². The molecule has 4 unspecified atom stereocenters. The lowest BCUT2D eigenvalue weighted by atomic mass is 9.82. The molecule has 4 nitrogen and oxygen atoms in total. The number of benzene rings is 1. The molecule has 0 radical (unpaired) electrons. The Morgan fingerprint density at radius 3 is 2.76 bits per heavy atom. The first-order valence-corrected chi connectivity index (χ1v) is 10.2. The molecule has 1 aromatic carbocycles. The first kappa shape index (κ1) is 18.8. The van der Waals surface area contributed by atoms with Crippen LogP contribution in [0.3, 0.4) is 0 Å². The molecule has 0 aliphatic carbocycles. The molecule has 2 heterocycles. The molecule has 2 aliphatic heterocycles. The highest BCUT2D eigenvalue weighted by Crippen LogP contribution is 2.38. The number of nitrogens with zero attached hydrogens (tertiary/aromatic N) is 1. The molecule has 4 N–H and O–H groups in total. The van der Waals surface area contributed by atoms with E-state index in [9.17, 15) is 0 Å². The first-order valence-electron chi connectivity index (χ1n) is 10.2. The number of rotatable bonds is 8. The summed E-state index contributed by atoms with van der Waals surface area (Å²) < 4.78 is 0. The van der Waals surface area contributed by atoms with Gasteiger partial charge < -0.3 is 11.1 Å². The lowest BCUT2D eigenvalue weighted by molar-refractivity contribution is 0.0825. The number of piperidine rings is 1. The molecule has 0 amide bonds. The van der Waals surface area contributed by atoms with Gasteiger partial charge in [-0.15, -0.1) is 0 Å². The number of fused-ring (bicyclic) bond motifs is 1. The molecule has 0 spiro atoms. The SMILES string of the molecule is CCCCN1CC(c2ccc(CNCCN)cc2)CC2CC(C)NC21. The van der Waals surface area contributed by atoms with E-state index in [1.54, 1.807) is 0 Å². The van der Waals surface area contributed by atoms with Crippen molar-refractivity contribution in [1.82, 2.24) is 15.5 Å². The van der Waals surface area contributed by atoms with Gasteiger partial charge in [-0.1, -0.05) is 37.6 Å². The van der Waals surface area contributed by atoms with Crippen LogP contribution in [0.15, 0.2) is 24.3 Å². The van der Waals surface area contributed by atoms with Gasteiger partial charge in [0.15, 0.2) is 0 Å². The molecule has 0 aromatic heterocycles. The van der Waals surface area contributed by atoms with Crippen LogP contribution in [0.5, 0.6) is 0 Å². The fraction of sp³-hybridized carbons (Fsp3) is 0.714. The number of unbranched alkanes of at least 4 members (excludes halogenated alkanes) is 1. The van der Waals surface area contributed by atoms with Crippen LogP contribution in [0.4, 0.5) is 0 Å². The fourth-order valence-electron chi connectivity index (χ4n) is 4.62. The summed E-state index contributed by atoms with van der Waals surface area (Å²) in [5, 5.41) is 7.21. The van der Waals surface area contributed by atoms with E-state index < -0.39 is 0 Å². The second kappa shape index (κ2) is 9.13. The third-order valence-corrected chi connectivity index (χ3v) is 5.89. The van der Waals surface area contributed by atoms with Crippen molar-refractivity contribution in [1.29, 1.82) is 0 Å². The quantitative estimate of drug-likeness (QED) is 0.635. The predicted octanol–water partition coefficient (Wildman–Crippen LogP) is 2.65. The Kier molecular flexibility index (Phi) is 6.88. The van der Waals surface area contributed by atoms with E-state index in [4.69, 9.17) is 5.73 Å². The molecular formula is C21H36N4. The van der Waals surface area contributed by atoms with Gasteiger partial charge in [-0.05, 0) is 55.7 Å². The molecule has 2 aliphatic rings. The van der Waals surface area contributed by atoms with Crippen molar-refractivity contribution in [2.24, 2.45) is 11.7 Å². The van der Waals surface area contributed by atoms with E-state index in [1.165, 1.54) is 49.9 Å². The highest BCUT2D eigenvalue weighted by Gasteiger charge is 2.41. The van der Waals surface area contributed by atoms with Crippen LogP contribution in [0, 0.1) is 5.92 Å². The second-order valence-corrected chi connectivity index (χ2v) is 8.00. The zero-order chi connectivity index (χ0) is 17.6. The molecule has 4 heteroatoms. The van der Waals surface area contributed by atoms with Gasteiger partial charge in [0.2, 0.25) is 0 Å². The summed E-state index contributed by atoms with van der Waals surface area (Å²) >= 11 is 0. The van der Waals surface area contributed by atoms with Gasteiger partial charge in [-0.2, -0.15) is 0 Å². The Labute approximate surface area is 153 Å². The average molecular weight is 345 g/mol.